The molecule has 0 fully saturated rings. The smallest absolute Gasteiger partial charge is 0.159 e. The van der Waals surface area contributed by atoms with Crippen LogP contribution < -0.4 is 21.1 Å². The predicted molar refractivity (Wildman–Crippen MR) is 102 cm³/mol. The summed E-state index contributed by atoms with van der Waals surface area (Å²) in [5.41, 5.74) is 9.34. The second-order valence-corrected chi connectivity index (χ2v) is 5.88. The number of anilines is 5. The topological polar surface area (TPSA) is 85.1 Å². The summed E-state index contributed by atoms with van der Waals surface area (Å²) in [6.45, 7) is 2.03. The van der Waals surface area contributed by atoms with E-state index in [2.05, 4.69) is 20.6 Å². The zero-order valence-electron chi connectivity index (χ0n) is 13.9. The molecule has 6 nitrogen and oxygen atoms in total. The van der Waals surface area contributed by atoms with E-state index in [1.807, 2.05) is 31.2 Å². The van der Waals surface area contributed by atoms with Crippen molar-refractivity contribution in [2.75, 3.05) is 23.5 Å². The maximum Gasteiger partial charge on any atom is 0.159 e. The molecule has 1 aromatic heterocycles. The van der Waals surface area contributed by atoms with E-state index in [0.717, 1.165) is 5.69 Å². The van der Waals surface area contributed by atoms with Crippen LogP contribution in [0.5, 0.6) is 5.75 Å². The van der Waals surface area contributed by atoms with Crippen LogP contribution in [0.1, 0.15) is 5.56 Å². The summed E-state index contributed by atoms with van der Waals surface area (Å²) >= 11 is 6.06. The number of aryl methyl sites for hydroxylation is 1. The molecule has 2 aromatic carbocycles. The molecule has 0 atom stereocenters. The Labute approximate surface area is 151 Å². The van der Waals surface area contributed by atoms with Crippen molar-refractivity contribution in [3.8, 4) is 5.75 Å². The number of nitrogens with one attached hydrogen (secondary N) is 2. The fourth-order valence-electron chi connectivity index (χ4n) is 2.27. The van der Waals surface area contributed by atoms with E-state index in [1.54, 1.807) is 25.3 Å². The van der Waals surface area contributed by atoms with Crippen LogP contribution in [0.25, 0.3) is 0 Å². The van der Waals surface area contributed by atoms with Gasteiger partial charge < -0.3 is 21.1 Å². The maximum atomic E-state index is 6.21. The van der Waals surface area contributed by atoms with E-state index >= 15 is 0 Å². The fourth-order valence-corrected chi connectivity index (χ4v) is 2.45. The standard InChI is InChI=1S/C18H18ClN5O/c1-11-3-6-13(7-4-11)23-17-16(20)18(22-10-21-17)24-14-9-12(19)5-8-15(14)25-2/h3-10H,20H2,1-2H3,(H2,21,22,23,24). The van der Waals surface area contributed by atoms with Crippen LogP contribution in [-0.2, 0) is 0 Å². The molecule has 25 heavy (non-hydrogen) atoms. The van der Waals surface area contributed by atoms with Crippen LogP contribution in [0.3, 0.4) is 0 Å². The van der Waals surface area contributed by atoms with Gasteiger partial charge in [0.1, 0.15) is 17.8 Å². The van der Waals surface area contributed by atoms with Gasteiger partial charge in [-0.1, -0.05) is 29.3 Å². The molecule has 0 aliphatic heterocycles. The Hall–Kier alpha value is -2.99. The van der Waals surface area contributed by atoms with Crippen LogP contribution in [0.15, 0.2) is 48.8 Å². The lowest BCUT2D eigenvalue weighted by molar-refractivity contribution is 0.417. The highest BCUT2D eigenvalue weighted by molar-refractivity contribution is 6.31. The van der Waals surface area contributed by atoms with Crippen molar-refractivity contribution in [2.45, 2.75) is 6.92 Å². The predicted octanol–water partition coefficient (Wildman–Crippen LogP) is 4.52. The SMILES string of the molecule is COc1ccc(Cl)cc1Nc1ncnc(Nc2ccc(C)cc2)c1N. The van der Waals surface area contributed by atoms with E-state index in [1.165, 1.54) is 11.9 Å². The lowest BCUT2D eigenvalue weighted by Gasteiger charge is -2.14. The number of nitrogens with two attached hydrogens (primary N) is 1. The molecule has 0 spiro atoms. The molecule has 0 aliphatic carbocycles. The highest BCUT2D eigenvalue weighted by Gasteiger charge is 2.11. The third-order valence-corrected chi connectivity index (χ3v) is 3.85. The molecular formula is C18H18ClN5O. The Balaban J connectivity index is 1.88. The van der Waals surface area contributed by atoms with Gasteiger partial charge in [-0.25, -0.2) is 9.97 Å². The molecule has 3 aromatic rings. The number of nitrogens with zero attached hydrogens (tertiary/aromatic N) is 2. The molecule has 7 heteroatoms. The third-order valence-electron chi connectivity index (χ3n) is 3.61. The molecule has 0 amide bonds. The molecule has 0 unspecified atom stereocenters. The Morgan fingerprint density at radius 2 is 1.68 bits per heavy atom. The van der Waals surface area contributed by atoms with Crippen molar-refractivity contribution in [1.29, 1.82) is 0 Å². The average molecular weight is 356 g/mol. The van der Waals surface area contributed by atoms with Gasteiger partial charge in [-0.15, -0.1) is 0 Å². The van der Waals surface area contributed by atoms with E-state index in [9.17, 15) is 0 Å². The van der Waals surface area contributed by atoms with Gasteiger partial charge in [0.25, 0.3) is 0 Å². The second kappa shape index (κ2) is 7.27. The molecule has 4 N–H and O–H groups in total. The van der Waals surface area contributed by atoms with Crippen molar-refractivity contribution in [2.24, 2.45) is 0 Å². The highest BCUT2D eigenvalue weighted by Crippen LogP contribution is 2.33. The summed E-state index contributed by atoms with van der Waals surface area (Å²) in [4.78, 5) is 8.42. The normalized spacial score (nSPS) is 10.4. The van der Waals surface area contributed by atoms with Crippen LogP contribution >= 0.6 is 11.6 Å². The molecule has 0 saturated carbocycles. The lowest BCUT2D eigenvalue weighted by atomic mass is 10.2. The second-order valence-electron chi connectivity index (χ2n) is 5.45. The summed E-state index contributed by atoms with van der Waals surface area (Å²) in [5.74, 6) is 1.61. The Morgan fingerprint density at radius 3 is 2.36 bits per heavy atom. The number of halogens is 1. The summed E-state index contributed by atoms with van der Waals surface area (Å²) in [5, 5.41) is 6.91. The molecule has 0 bridgehead atoms. The fraction of sp³-hybridized carbons (Fsp3) is 0.111. The van der Waals surface area contributed by atoms with Gasteiger partial charge in [0.05, 0.1) is 12.8 Å². The lowest BCUT2D eigenvalue weighted by Crippen LogP contribution is -2.05. The minimum Gasteiger partial charge on any atom is -0.495 e. The Morgan fingerprint density at radius 1 is 1.00 bits per heavy atom. The zero-order chi connectivity index (χ0) is 17.8. The zero-order valence-corrected chi connectivity index (χ0v) is 14.6. The first-order valence-electron chi connectivity index (χ1n) is 7.61. The first-order valence-corrected chi connectivity index (χ1v) is 7.99. The van der Waals surface area contributed by atoms with Crippen LogP contribution in [0.2, 0.25) is 5.02 Å². The number of nitrogen functional groups attached to an aromatic ring is 1. The number of rotatable bonds is 5. The molecule has 128 valence electrons. The first-order chi connectivity index (χ1) is 12.1. The number of aromatic nitrogens is 2. The molecule has 1 heterocycles. The van der Waals surface area contributed by atoms with Gasteiger partial charge >= 0.3 is 0 Å². The van der Waals surface area contributed by atoms with Gasteiger partial charge in [-0.05, 0) is 37.3 Å². The van der Waals surface area contributed by atoms with Crippen molar-refractivity contribution in [3.63, 3.8) is 0 Å². The number of hydrogen-bond donors (Lipinski definition) is 3. The van der Waals surface area contributed by atoms with Crippen LogP contribution in [0.4, 0.5) is 28.7 Å². The van der Waals surface area contributed by atoms with E-state index < -0.39 is 0 Å². The highest BCUT2D eigenvalue weighted by atomic mass is 35.5. The van der Waals surface area contributed by atoms with Crippen LogP contribution in [0, 0.1) is 6.92 Å². The number of benzene rings is 2. The third kappa shape index (κ3) is 3.92. The summed E-state index contributed by atoms with van der Waals surface area (Å²) in [6, 6.07) is 13.2. The van der Waals surface area contributed by atoms with Crippen molar-refractivity contribution in [3.05, 3.63) is 59.4 Å². The molecule has 3 rings (SSSR count). The van der Waals surface area contributed by atoms with Gasteiger partial charge in [0.2, 0.25) is 0 Å². The molecule has 0 aliphatic rings. The number of hydrogen-bond acceptors (Lipinski definition) is 6. The minimum absolute atomic E-state index is 0.394. The summed E-state index contributed by atoms with van der Waals surface area (Å²) in [7, 11) is 1.59. The van der Waals surface area contributed by atoms with E-state index in [4.69, 9.17) is 22.1 Å². The number of methoxy groups -OCH3 is 1. The van der Waals surface area contributed by atoms with Gasteiger partial charge in [0, 0.05) is 10.7 Å². The van der Waals surface area contributed by atoms with Crippen molar-refractivity contribution >= 4 is 40.3 Å². The van der Waals surface area contributed by atoms with Gasteiger partial charge in [0.15, 0.2) is 11.6 Å². The van der Waals surface area contributed by atoms with Crippen molar-refractivity contribution < 1.29 is 4.74 Å². The van der Waals surface area contributed by atoms with E-state index in [0.29, 0.717) is 33.8 Å². The molecular weight excluding hydrogens is 338 g/mol. The molecule has 0 saturated heterocycles. The van der Waals surface area contributed by atoms with Crippen LogP contribution in [-0.4, -0.2) is 17.1 Å². The first kappa shape index (κ1) is 16.9. The maximum absolute atomic E-state index is 6.21. The van der Waals surface area contributed by atoms with Crippen molar-refractivity contribution in [1.82, 2.24) is 9.97 Å². The monoisotopic (exact) mass is 355 g/mol. The number of ether oxygens (including phenoxy) is 1. The Kier molecular flexibility index (Phi) is 4.90. The largest absolute Gasteiger partial charge is 0.495 e. The van der Waals surface area contributed by atoms with E-state index in [-0.39, 0.29) is 0 Å². The summed E-state index contributed by atoms with van der Waals surface area (Å²) in [6.07, 6.45) is 1.44. The average Bonchev–Trinajstić information content (AvgIpc) is 2.60. The summed E-state index contributed by atoms with van der Waals surface area (Å²) < 4.78 is 5.33. The van der Waals surface area contributed by atoms with Gasteiger partial charge in [-0.2, -0.15) is 0 Å². The van der Waals surface area contributed by atoms with Gasteiger partial charge in [-0.3, -0.25) is 0 Å². The quantitative estimate of drug-likeness (QED) is 0.624. The Bertz CT molecular complexity index is 883. The minimum atomic E-state index is 0.394. The molecule has 0 radical (unpaired) electrons.